The maximum atomic E-state index is 11.6. The molecule has 1 aromatic heterocycles. The average molecular weight is 331 g/mol. The van der Waals surface area contributed by atoms with Gasteiger partial charge in [0.2, 0.25) is 3.79 Å². The Balaban J connectivity index is 3.14. The van der Waals surface area contributed by atoms with Crippen molar-refractivity contribution < 1.29 is 9.53 Å². The molecule has 0 fully saturated rings. The highest BCUT2D eigenvalue weighted by molar-refractivity contribution is 6.67. The van der Waals surface area contributed by atoms with Crippen LogP contribution in [0.3, 0.4) is 0 Å². The minimum absolute atomic E-state index is 0.110. The van der Waals surface area contributed by atoms with Gasteiger partial charge in [0.25, 0.3) is 5.56 Å². The Morgan fingerprint density at radius 2 is 2.16 bits per heavy atom. The number of nitrogens with zero attached hydrogens (tertiary/aromatic N) is 1. The second-order valence-corrected chi connectivity index (χ2v) is 5.70. The van der Waals surface area contributed by atoms with E-state index < -0.39 is 27.3 Å². The van der Waals surface area contributed by atoms with Gasteiger partial charge in [-0.15, -0.1) is 0 Å². The van der Waals surface area contributed by atoms with Crippen molar-refractivity contribution in [2.45, 2.75) is 16.9 Å². The van der Waals surface area contributed by atoms with Crippen molar-refractivity contribution >= 4 is 40.9 Å². The number of aromatic amines is 1. The van der Waals surface area contributed by atoms with E-state index >= 15 is 0 Å². The Morgan fingerprint density at radius 3 is 2.63 bits per heavy atom. The quantitative estimate of drug-likeness (QED) is 0.813. The Labute approximate surface area is 122 Å². The highest BCUT2D eigenvalue weighted by Crippen LogP contribution is 2.35. The van der Waals surface area contributed by atoms with E-state index in [0.717, 1.165) is 16.8 Å². The molecule has 0 unspecified atom stereocenters. The van der Waals surface area contributed by atoms with Gasteiger partial charge in [-0.05, 0) is 6.92 Å². The van der Waals surface area contributed by atoms with E-state index in [2.05, 4.69) is 10.1 Å². The van der Waals surface area contributed by atoms with Crippen molar-refractivity contribution in [1.82, 2.24) is 14.9 Å². The lowest BCUT2D eigenvalue weighted by Crippen LogP contribution is -2.46. The van der Waals surface area contributed by atoms with Gasteiger partial charge in [-0.2, -0.15) is 0 Å². The minimum atomic E-state index is -2.02. The van der Waals surface area contributed by atoms with Gasteiger partial charge in [0, 0.05) is 12.3 Å². The van der Waals surface area contributed by atoms with Gasteiger partial charge in [0.15, 0.2) is 6.17 Å². The predicted octanol–water partition coefficient (Wildman–Crippen LogP) is 1.15. The summed E-state index contributed by atoms with van der Waals surface area (Å²) in [5.74, 6) is 0. The van der Waals surface area contributed by atoms with E-state index in [1.54, 1.807) is 6.92 Å². The number of hydrogen-bond donors (Lipinski definition) is 2. The largest absolute Gasteiger partial charge is 0.450 e. The van der Waals surface area contributed by atoms with Crippen molar-refractivity contribution in [2.24, 2.45) is 0 Å². The van der Waals surface area contributed by atoms with Crippen LogP contribution in [0, 0.1) is 0 Å². The van der Waals surface area contributed by atoms with Crippen LogP contribution in [0.25, 0.3) is 0 Å². The molecule has 1 heterocycles. The molecule has 0 radical (unpaired) electrons. The molecule has 106 valence electrons. The number of H-pyrrole nitrogens is 1. The second-order valence-electron chi connectivity index (χ2n) is 3.33. The number of hydrogen-bond acceptors (Lipinski definition) is 4. The van der Waals surface area contributed by atoms with E-state index in [1.807, 2.05) is 4.98 Å². The fourth-order valence-electron chi connectivity index (χ4n) is 1.22. The number of nitrogens with one attached hydrogen (secondary N) is 2. The fraction of sp³-hybridized carbons (Fsp3) is 0.444. The van der Waals surface area contributed by atoms with Gasteiger partial charge in [0.1, 0.15) is 0 Å². The first kappa shape index (κ1) is 15.9. The molecule has 1 rings (SSSR count). The number of halogens is 3. The Kier molecular flexibility index (Phi) is 5.28. The zero-order valence-corrected chi connectivity index (χ0v) is 11.9. The van der Waals surface area contributed by atoms with Gasteiger partial charge < -0.3 is 4.74 Å². The van der Waals surface area contributed by atoms with Crippen LogP contribution in [0.2, 0.25) is 0 Å². The van der Waals surface area contributed by atoms with E-state index in [9.17, 15) is 14.4 Å². The molecule has 0 spiro atoms. The number of aromatic nitrogens is 2. The van der Waals surface area contributed by atoms with Gasteiger partial charge in [-0.3, -0.25) is 19.7 Å². The molecule has 19 heavy (non-hydrogen) atoms. The Morgan fingerprint density at radius 1 is 1.53 bits per heavy atom. The van der Waals surface area contributed by atoms with Crippen LogP contribution in [0.15, 0.2) is 21.9 Å². The first-order valence-corrected chi connectivity index (χ1v) is 6.20. The lowest BCUT2D eigenvalue weighted by atomic mass is 10.5. The van der Waals surface area contributed by atoms with E-state index in [0.29, 0.717) is 0 Å². The Hall–Kier alpha value is -1.18. The summed E-state index contributed by atoms with van der Waals surface area (Å²) >= 11 is 17.1. The van der Waals surface area contributed by atoms with Crippen molar-refractivity contribution in [3.63, 3.8) is 0 Å². The maximum absolute atomic E-state index is 11.6. The molecule has 0 saturated heterocycles. The lowest BCUT2D eigenvalue weighted by molar-refractivity contribution is 0.143. The SMILES string of the molecule is CCOC(=O)N[C@H](n1ccc(=O)[nH]c1=O)C(Cl)(Cl)Cl. The number of carbonyl (C=O) groups excluding carboxylic acids is 1. The number of amides is 1. The normalized spacial score (nSPS) is 12.8. The summed E-state index contributed by atoms with van der Waals surface area (Å²) in [5, 5.41) is 2.22. The van der Waals surface area contributed by atoms with E-state index in [4.69, 9.17) is 34.8 Å². The Bertz CT molecular complexity index is 563. The smallest absolute Gasteiger partial charge is 0.408 e. The van der Waals surface area contributed by atoms with Crippen LogP contribution in [0.1, 0.15) is 13.1 Å². The van der Waals surface area contributed by atoms with Crippen molar-refractivity contribution in [1.29, 1.82) is 0 Å². The summed E-state index contributed by atoms with van der Waals surface area (Å²) in [6, 6.07) is 1.05. The summed E-state index contributed by atoms with van der Waals surface area (Å²) in [4.78, 5) is 35.9. The maximum Gasteiger partial charge on any atom is 0.408 e. The molecule has 0 bridgehead atoms. The summed E-state index contributed by atoms with van der Waals surface area (Å²) in [6.45, 7) is 1.70. The zero-order valence-electron chi connectivity index (χ0n) is 9.65. The van der Waals surface area contributed by atoms with Crippen molar-refractivity contribution in [3.8, 4) is 0 Å². The highest BCUT2D eigenvalue weighted by atomic mass is 35.6. The van der Waals surface area contributed by atoms with Gasteiger partial charge >= 0.3 is 11.8 Å². The summed E-state index contributed by atoms with van der Waals surface area (Å²) in [5.41, 5.74) is -1.44. The zero-order chi connectivity index (χ0) is 14.6. The molecule has 10 heteroatoms. The number of carbonyl (C=O) groups is 1. The van der Waals surface area contributed by atoms with Crippen LogP contribution >= 0.6 is 34.8 Å². The molecular formula is C9H10Cl3N3O4. The summed E-state index contributed by atoms with van der Waals surface area (Å²) < 4.78 is 3.49. The molecule has 2 N–H and O–H groups in total. The third-order valence-electron chi connectivity index (χ3n) is 1.97. The first-order chi connectivity index (χ1) is 8.75. The summed E-state index contributed by atoms with van der Waals surface area (Å²) in [7, 11) is 0. The number of alkyl halides is 3. The molecular weight excluding hydrogens is 320 g/mol. The number of alkyl carbamates (subject to hydrolysis) is 1. The van der Waals surface area contributed by atoms with Crippen LogP contribution in [0.5, 0.6) is 0 Å². The average Bonchev–Trinajstić information content (AvgIpc) is 2.25. The standard InChI is InChI=1S/C9H10Cl3N3O4/c1-2-19-8(18)14-6(9(10,11)12)15-4-3-5(16)13-7(15)17/h3-4,6H,2H2,1H3,(H,14,18)(H,13,16,17)/t6-/m1/s1. The van der Waals surface area contributed by atoms with Gasteiger partial charge in [-0.1, -0.05) is 34.8 Å². The molecule has 0 aliphatic rings. The monoisotopic (exact) mass is 329 g/mol. The second kappa shape index (κ2) is 6.31. The lowest BCUT2D eigenvalue weighted by Gasteiger charge is -2.26. The molecule has 1 atom stereocenters. The third-order valence-corrected chi connectivity index (χ3v) is 2.59. The van der Waals surface area contributed by atoms with Gasteiger partial charge in [-0.25, -0.2) is 9.59 Å². The van der Waals surface area contributed by atoms with E-state index in [-0.39, 0.29) is 6.61 Å². The molecule has 0 aliphatic heterocycles. The molecule has 7 nitrogen and oxygen atoms in total. The topological polar surface area (TPSA) is 93.2 Å². The molecule has 1 aromatic rings. The van der Waals surface area contributed by atoms with Crippen molar-refractivity contribution in [3.05, 3.63) is 33.1 Å². The highest BCUT2D eigenvalue weighted by Gasteiger charge is 2.36. The third kappa shape index (κ3) is 4.45. The number of rotatable bonds is 3. The van der Waals surface area contributed by atoms with Crippen LogP contribution in [0.4, 0.5) is 4.79 Å². The van der Waals surface area contributed by atoms with E-state index in [1.165, 1.54) is 0 Å². The molecule has 0 aliphatic carbocycles. The van der Waals surface area contributed by atoms with Crippen LogP contribution in [-0.4, -0.2) is 26.0 Å². The van der Waals surface area contributed by atoms with Gasteiger partial charge in [0.05, 0.1) is 6.61 Å². The minimum Gasteiger partial charge on any atom is -0.450 e. The molecule has 0 saturated carbocycles. The molecule has 1 amide bonds. The fourth-order valence-corrected chi connectivity index (χ4v) is 1.70. The molecule has 0 aromatic carbocycles. The van der Waals surface area contributed by atoms with Crippen LogP contribution in [-0.2, 0) is 4.74 Å². The van der Waals surface area contributed by atoms with Crippen LogP contribution < -0.4 is 16.6 Å². The van der Waals surface area contributed by atoms with Crippen molar-refractivity contribution in [2.75, 3.05) is 6.61 Å². The summed E-state index contributed by atoms with van der Waals surface area (Å²) in [6.07, 6.45) is -1.10. The number of ether oxygens (including phenoxy) is 1. The predicted molar refractivity (Wildman–Crippen MR) is 70.8 cm³/mol. The first-order valence-electron chi connectivity index (χ1n) is 5.07.